The topological polar surface area (TPSA) is 85.6 Å². The van der Waals surface area contributed by atoms with E-state index in [1.807, 2.05) is 25.5 Å². The molecule has 7 nitrogen and oxygen atoms in total. The third-order valence-electron chi connectivity index (χ3n) is 4.36. The standard InChI is InChI=1S/C18H23N3O4/c1-18(2,3)21-17-12(9-19-21)11(8-15(22)20-17)10-6-13(24-4)16(23)14(7-10)25-5/h6-7,9,11,23H,8H2,1-5H3,(H,20,22)/t11-/m0/s1. The predicted octanol–water partition coefficient (Wildman–Crippen LogP) is 2.84. The van der Waals surface area contributed by atoms with Gasteiger partial charge in [-0.1, -0.05) is 0 Å². The van der Waals surface area contributed by atoms with Crippen molar-refractivity contribution in [3.8, 4) is 17.2 Å². The van der Waals surface area contributed by atoms with Gasteiger partial charge in [0.25, 0.3) is 0 Å². The summed E-state index contributed by atoms with van der Waals surface area (Å²) in [5.74, 6) is 1.01. The zero-order valence-electron chi connectivity index (χ0n) is 15.1. The van der Waals surface area contributed by atoms with Gasteiger partial charge in [0.15, 0.2) is 11.5 Å². The van der Waals surface area contributed by atoms with Crippen LogP contribution < -0.4 is 14.8 Å². The monoisotopic (exact) mass is 345 g/mol. The van der Waals surface area contributed by atoms with Crippen molar-refractivity contribution in [3.63, 3.8) is 0 Å². The van der Waals surface area contributed by atoms with E-state index in [-0.39, 0.29) is 23.1 Å². The van der Waals surface area contributed by atoms with Gasteiger partial charge in [0.2, 0.25) is 11.7 Å². The number of aromatic nitrogens is 2. The lowest BCUT2D eigenvalue weighted by Gasteiger charge is -2.28. The number of fused-ring (bicyclic) bond motifs is 1. The van der Waals surface area contributed by atoms with Gasteiger partial charge in [0.05, 0.1) is 26.0 Å². The van der Waals surface area contributed by atoms with E-state index >= 15 is 0 Å². The van der Waals surface area contributed by atoms with Crippen LogP contribution in [0.5, 0.6) is 17.2 Å². The highest BCUT2D eigenvalue weighted by atomic mass is 16.5. The molecule has 0 spiro atoms. The van der Waals surface area contributed by atoms with Gasteiger partial charge in [-0.05, 0) is 38.5 Å². The molecule has 1 aliphatic heterocycles. The van der Waals surface area contributed by atoms with Gasteiger partial charge in [-0.2, -0.15) is 5.10 Å². The number of nitrogens with zero attached hydrogens (tertiary/aromatic N) is 2. The van der Waals surface area contributed by atoms with Crippen LogP contribution in [0.4, 0.5) is 5.82 Å². The molecule has 1 atom stereocenters. The summed E-state index contributed by atoms with van der Waals surface area (Å²) in [6.45, 7) is 6.09. The number of hydrogen-bond acceptors (Lipinski definition) is 5. The lowest BCUT2D eigenvalue weighted by Crippen LogP contribution is -2.30. The number of methoxy groups -OCH3 is 2. The predicted molar refractivity (Wildman–Crippen MR) is 93.5 cm³/mol. The molecule has 0 aliphatic carbocycles. The maximum atomic E-state index is 12.3. The van der Waals surface area contributed by atoms with E-state index in [2.05, 4.69) is 10.4 Å². The molecule has 1 aromatic heterocycles. The van der Waals surface area contributed by atoms with Gasteiger partial charge in [-0.3, -0.25) is 4.79 Å². The number of ether oxygens (including phenoxy) is 2. The first kappa shape index (κ1) is 17.1. The first-order chi connectivity index (χ1) is 11.8. The lowest BCUT2D eigenvalue weighted by atomic mass is 9.87. The van der Waals surface area contributed by atoms with Crippen LogP contribution in [0, 0.1) is 0 Å². The van der Waals surface area contributed by atoms with Gasteiger partial charge < -0.3 is 19.9 Å². The molecule has 0 radical (unpaired) electrons. The molecule has 2 aromatic rings. The number of anilines is 1. The number of carbonyl (C=O) groups excluding carboxylic acids is 1. The zero-order valence-corrected chi connectivity index (χ0v) is 15.1. The minimum absolute atomic E-state index is 0.0559. The molecular weight excluding hydrogens is 322 g/mol. The normalized spacial score (nSPS) is 17.0. The van der Waals surface area contributed by atoms with Gasteiger partial charge in [0.1, 0.15) is 5.82 Å². The van der Waals surface area contributed by atoms with Crippen molar-refractivity contribution in [1.29, 1.82) is 0 Å². The average molecular weight is 345 g/mol. The number of hydrogen-bond donors (Lipinski definition) is 2. The number of benzene rings is 1. The number of aromatic hydroxyl groups is 1. The highest BCUT2D eigenvalue weighted by molar-refractivity contribution is 5.94. The first-order valence-electron chi connectivity index (χ1n) is 8.09. The first-order valence-corrected chi connectivity index (χ1v) is 8.09. The molecule has 1 aliphatic rings. The number of rotatable bonds is 3. The van der Waals surface area contributed by atoms with Crippen LogP contribution in [0.2, 0.25) is 0 Å². The summed E-state index contributed by atoms with van der Waals surface area (Å²) in [5.41, 5.74) is 1.51. The van der Waals surface area contributed by atoms with Crippen LogP contribution >= 0.6 is 0 Å². The largest absolute Gasteiger partial charge is 0.502 e. The minimum Gasteiger partial charge on any atom is -0.502 e. The van der Waals surface area contributed by atoms with Gasteiger partial charge in [-0.25, -0.2) is 4.68 Å². The molecule has 25 heavy (non-hydrogen) atoms. The number of carbonyl (C=O) groups is 1. The summed E-state index contributed by atoms with van der Waals surface area (Å²) in [6, 6.07) is 3.47. The SMILES string of the molecule is COc1cc([C@@H]2CC(=O)Nc3c2cnn3C(C)(C)C)cc(OC)c1O. The van der Waals surface area contributed by atoms with Crippen molar-refractivity contribution in [1.82, 2.24) is 9.78 Å². The van der Waals surface area contributed by atoms with Crippen molar-refractivity contribution >= 4 is 11.7 Å². The van der Waals surface area contributed by atoms with Crippen LogP contribution in [0.15, 0.2) is 18.3 Å². The van der Waals surface area contributed by atoms with Crippen LogP contribution in [-0.4, -0.2) is 35.0 Å². The van der Waals surface area contributed by atoms with E-state index in [4.69, 9.17) is 9.47 Å². The van der Waals surface area contributed by atoms with Crippen LogP contribution in [0.1, 0.15) is 44.2 Å². The molecule has 7 heteroatoms. The maximum absolute atomic E-state index is 12.3. The zero-order chi connectivity index (χ0) is 18.4. The van der Waals surface area contributed by atoms with Crippen LogP contribution in [0.3, 0.4) is 0 Å². The maximum Gasteiger partial charge on any atom is 0.226 e. The summed E-state index contributed by atoms with van der Waals surface area (Å²) >= 11 is 0. The second-order valence-electron chi connectivity index (χ2n) is 7.11. The van der Waals surface area contributed by atoms with Crippen molar-refractivity contribution in [2.24, 2.45) is 0 Å². The average Bonchev–Trinajstić information content (AvgIpc) is 2.98. The molecule has 0 unspecified atom stereocenters. The molecule has 1 amide bonds. The van der Waals surface area contributed by atoms with Crippen molar-refractivity contribution in [2.45, 2.75) is 38.6 Å². The summed E-state index contributed by atoms with van der Waals surface area (Å²) in [5, 5.41) is 17.5. The number of amides is 1. The van der Waals surface area contributed by atoms with Crippen molar-refractivity contribution in [2.75, 3.05) is 19.5 Å². The van der Waals surface area contributed by atoms with Crippen molar-refractivity contribution in [3.05, 3.63) is 29.5 Å². The Bertz CT molecular complexity index is 795. The molecule has 0 bridgehead atoms. The quantitative estimate of drug-likeness (QED) is 0.893. The van der Waals surface area contributed by atoms with Gasteiger partial charge in [-0.15, -0.1) is 0 Å². The highest BCUT2D eigenvalue weighted by Crippen LogP contribution is 2.44. The summed E-state index contributed by atoms with van der Waals surface area (Å²) in [6.07, 6.45) is 2.08. The Balaban J connectivity index is 2.14. The van der Waals surface area contributed by atoms with Crippen LogP contribution in [0.25, 0.3) is 0 Å². The molecule has 1 aromatic carbocycles. The van der Waals surface area contributed by atoms with E-state index in [1.165, 1.54) is 14.2 Å². The summed E-state index contributed by atoms with van der Waals surface area (Å²) in [4.78, 5) is 12.3. The van der Waals surface area contributed by atoms with E-state index in [0.29, 0.717) is 23.7 Å². The van der Waals surface area contributed by atoms with Gasteiger partial charge >= 0.3 is 0 Å². The third kappa shape index (κ3) is 2.90. The van der Waals surface area contributed by atoms with E-state index in [0.717, 1.165) is 11.1 Å². The smallest absolute Gasteiger partial charge is 0.226 e. The molecule has 2 N–H and O–H groups in total. The Labute approximate surface area is 146 Å². The van der Waals surface area contributed by atoms with Gasteiger partial charge in [0, 0.05) is 17.9 Å². The molecule has 134 valence electrons. The Hall–Kier alpha value is -2.70. The fourth-order valence-corrected chi connectivity index (χ4v) is 3.14. The van der Waals surface area contributed by atoms with E-state index in [9.17, 15) is 9.90 Å². The molecule has 0 saturated carbocycles. The molecular formula is C18H23N3O4. The number of phenolic OH excluding ortho intramolecular Hbond substituents is 1. The molecule has 0 saturated heterocycles. The Morgan fingerprint density at radius 3 is 2.36 bits per heavy atom. The Morgan fingerprint density at radius 1 is 1.24 bits per heavy atom. The van der Waals surface area contributed by atoms with Crippen molar-refractivity contribution < 1.29 is 19.4 Å². The summed E-state index contributed by atoms with van der Waals surface area (Å²) < 4.78 is 12.3. The second kappa shape index (κ2) is 5.98. The third-order valence-corrected chi connectivity index (χ3v) is 4.36. The fourth-order valence-electron chi connectivity index (χ4n) is 3.14. The number of nitrogens with one attached hydrogen (secondary N) is 1. The van der Waals surface area contributed by atoms with E-state index < -0.39 is 0 Å². The highest BCUT2D eigenvalue weighted by Gasteiger charge is 2.33. The fraction of sp³-hybridized carbons (Fsp3) is 0.444. The molecule has 3 rings (SSSR count). The minimum atomic E-state index is -0.257. The van der Waals surface area contributed by atoms with E-state index in [1.54, 1.807) is 18.3 Å². The lowest BCUT2D eigenvalue weighted by molar-refractivity contribution is -0.116. The Morgan fingerprint density at radius 2 is 1.84 bits per heavy atom. The van der Waals surface area contributed by atoms with Crippen LogP contribution in [-0.2, 0) is 10.3 Å². The second-order valence-corrected chi connectivity index (χ2v) is 7.11. The number of phenols is 1. The summed E-state index contributed by atoms with van der Waals surface area (Å²) in [7, 11) is 2.96. The molecule has 2 heterocycles. The molecule has 0 fully saturated rings. The Kier molecular flexibility index (Phi) is 4.10.